The molecule has 1 atom stereocenters. The summed E-state index contributed by atoms with van der Waals surface area (Å²) in [6.07, 6.45) is 5.10. The second kappa shape index (κ2) is 5.86. The van der Waals surface area contributed by atoms with Crippen LogP contribution in [0.3, 0.4) is 0 Å². The van der Waals surface area contributed by atoms with Gasteiger partial charge in [-0.3, -0.25) is 14.7 Å². The number of piperidine rings is 1. The number of carbonyl (C=O) groups is 2. The third-order valence-electron chi connectivity index (χ3n) is 3.64. The summed E-state index contributed by atoms with van der Waals surface area (Å²) in [6, 6.07) is 0.0339. The van der Waals surface area contributed by atoms with Gasteiger partial charge in [0, 0.05) is 24.7 Å². The average molecular weight is 265 g/mol. The number of H-pyrrole nitrogens is 1. The van der Waals surface area contributed by atoms with Crippen molar-refractivity contribution in [1.82, 2.24) is 15.1 Å². The van der Waals surface area contributed by atoms with Gasteiger partial charge in [-0.15, -0.1) is 0 Å². The number of hydrogen-bond donors (Lipinski definition) is 2. The summed E-state index contributed by atoms with van der Waals surface area (Å²) in [5.41, 5.74) is 1.34. The molecule has 6 heteroatoms. The van der Waals surface area contributed by atoms with Gasteiger partial charge in [-0.1, -0.05) is 0 Å². The number of carboxylic acids is 1. The molecule has 1 aliphatic rings. The highest BCUT2D eigenvalue weighted by Gasteiger charge is 2.28. The Balaban J connectivity index is 2.08. The van der Waals surface area contributed by atoms with Gasteiger partial charge in [-0.2, -0.15) is 5.10 Å². The second-order valence-corrected chi connectivity index (χ2v) is 4.99. The number of aliphatic carboxylic acids is 1. The molecule has 0 aliphatic carbocycles. The van der Waals surface area contributed by atoms with Gasteiger partial charge >= 0.3 is 5.97 Å². The van der Waals surface area contributed by atoms with Gasteiger partial charge in [0.05, 0.1) is 11.8 Å². The van der Waals surface area contributed by atoms with Crippen LogP contribution in [0, 0.1) is 6.92 Å². The molecule has 1 fully saturated rings. The van der Waals surface area contributed by atoms with Crippen molar-refractivity contribution in [3.05, 3.63) is 17.5 Å². The lowest BCUT2D eigenvalue weighted by Crippen LogP contribution is -2.44. The smallest absolute Gasteiger partial charge is 0.303 e. The zero-order valence-corrected chi connectivity index (χ0v) is 11.1. The van der Waals surface area contributed by atoms with Crippen molar-refractivity contribution in [1.29, 1.82) is 0 Å². The van der Waals surface area contributed by atoms with Crippen LogP contribution < -0.4 is 0 Å². The number of hydrogen-bond acceptors (Lipinski definition) is 3. The largest absolute Gasteiger partial charge is 0.481 e. The van der Waals surface area contributed by atoms with E-state index in [2.05, 4.69) is 10.2 Å². The van der Waals surface area contributed by atoms with E-state index in [1.807, 2.05) is 11.8 Å². The average Bonchev–Trinajstić information content (AvgIpc) is 2.82. The van der Waals surface area contributed by atoms with E-state index in [4.69, 9.17) is 5.11 Å². The molecule has 0 aromatic carbocycles. The predicted octanol–water partition coefficient (Wildman–Crippen LogP) is 1.58. The zero-order chi connectivity index (χ0) is 13.8. The molecule has 2 N–H and O–H groups in total. The molecule has 1 saturated heterocycles. The van der Waals surface area contributed by atoms with Gasteiger partial charge in [0.25, 0.3) is 5.91 Å². The quantitative estimate of drug-likeness (QED) is 0.865. The maximum absolute atomic E-state index is 12.5. The van der Waals surface area contributed by atoms with E-state index in [1.165, 1.54) is 0 Å². The van der Waals surface area contributed by atoms with Gasteiger partial charge in [0.2, 0.25) is 0 Å². The molecule has 1 amide bonds. The molecule has 1 aliphatic heterocycles. The maximum Gasteiger partial charge on any atom is 0.303 e. The van der Waals surface area contributed by atoms with Crippen LogP contribution in [0.15, 0.2) is 6.20 Å². The highest BCUT2D eigenvalue weighted by Crippen LogP contribution is 2.23. The van der Waals surface area contributed by atoms with Gasteiger partial charge in [-0.05, 0) is 32.6 Å². The third-order valence-corrected chi connectivity index (χ3v) is 3.64. The summed E-state index contributed by atoms with van der Waals surface area (Å²) in [5, 5.41) is 15.4. The molecule has 2 heterocycles. The van der Waals surface area contributed by atoms with Crippen molar-refractivity contribution in [2.75, 3.05) is 6.54 Å². The highest BCUT2D eigenvalue weighted by atomic mass is 16.4. The molecule has 1 unspecified atom stereocenters. The first-order valence-corrected chi connectivity index (χ1v) is 6.62. The second-order valence-electron chi connectivity index (χ2n) is 4.99. The van der Waals surface area contributed by atoms with Crippen LogP contribution >= 0.6 is 0 Å². The Hall–Kier alpha value is -1.85. The lowest BCUT2D eigenvalue weighted by molar-refractivity contribution is -0.137. The fraction of sp³-hybridized carbons (Fsp3) is 0.615. The van der Waals surface area contributed by atoms with Crippen LogP contribution in [-0.2, 0) is 4.79 Å². The lowest BCUT2D eigenvalue weighted by atomic mass is 9.97. The topological polar surface area (TPSA) is 86.3 Å². The number of carbonyl (C=O) groups excluding carboxylic acids is 1. The minimum atomic E-state index is -0.808. The molecule has 0 radical (unpaired) electrons. The molecule has 0 bridgehead atoms. The molecule has 1 aromatic heterocycles. The Morgan fingerprint density at radius 2 is 2.32 bits per heavy atom. The number of nitrogens with one attached hydrogen (secondary N) is 1. The minimum Gasteiger partial charge on any atom is -0.481 e. The molecular formula is C13H19N3O3. The van der Waals surface area contributed by atoms with Crippen LogP contribution in [0.1, 0.15) is 48.2 Å². The van der Waals surface area contributed by atoms with Crippen LogP contribution in [0.4, 0.5) is 0 Å². The fourth-order valence-corrected chi connectivity index (χ4v) is 2.58. The van der Waals surface area contributed by atoms with E-state index < -0.39 is 5.97 Å². The van der Waals surface area contributed by atoms with Crippen molar-refractivity contribution < 1.29 is 14.7 Å². The number of aryl methyl sites for hydroxylation is 1. The number of aromatic nitrogens is 2. The molecule has 19 heavy (non-hydrogen) atoms. The predicted molar refractivity (Wildman–Crippen MR) is 68.9 cm³/mol. The first-order valence-electron chi connectivity index (χ1n) is 6.62. The normalized spacial score (nSPS) is 19.4. The van der Waals surface area contributed by atoms with E-state index in [0.29, 0.717) is 18.5 Å². The van der Waals surface area contributed by atoms with E-state index in [1.54, 1.807) is 6.20 Å². The number of nitrogens with zero attached hydrogens (tertiary/aromatic N) is 2. The summed E-state index contributed by atoms with van der Waals surface area (Å²) >= 11 is 0. The Morgan fingerprint density at radius 1 is 1.53 bits per heavy atom. The standard InChI is InChI=1S/C13H19N3O3/c1-9-11(8-14-15-9)13(19)16-7-3-2-4-10(16)5-6-12(17)18/h8,10H,2-7H2,1H3,(H,14,15)(H,17,18). The molecule has 6 nitrogen and oxygen atoms in total. The van der Waals surface area contributed by atoms with Crippen molar-refractivity contribution in [3.63, 3.8) is 0 Å². The van der Waals surface area contributed by atoms with Gasteiger partial charge < -0.3 is 10.0 Å². The fourth-order valence-electron chi connectivity index (χ4n) is 2.58. The van der Waals surface area contributed by atoms with E-state index in [9.17, 15) is 9.59 Å². The number of amides is 1. The molecule has 1 aromatic rings. The number of likely N-dealkylation sites (tertiary alicyclic amines) is 1. The summed E-state index contributed by atoms with van der Waals surface area (Å²) in [4.78, 5) is 24.9. The van der Waals surface area contributed by atoms with Crippen molar-refractivity contribution in [2.24, 2.45) is 0 Å². The van der Waals surface area contributed by atoms with Gasteiger partial charge in [0.1, 0.15) is 0 Å². The number of rotatable bonds is 4. The SMILES string of the molecule is Cc1[nH]ncc1C(=O)N1CCCCC1CCC(=O)O. The third kappa shape index (κ3) is 3.13. The number of aromatic amines is 1. The van der Waals surface area contributed by atoms with E-state index in [0.717, 1.165) is 25.0 Å². The molecule has 0 saturated carbocycles. The Labute approximate surface area is 111 Å². The molecule has 104 valence electrons. The Morgan fingerprint density at radius 3 is 2.95 bits per heavy atom. The molecule has 2 rings (SSSR count). The van der Waals surface area contributed by atoms with Gasteiger partial charge in [-0.25, -0.2) is 0 Å². The summed E-state index contributed by atoms with van der Waals surface area (Å²) in [7, 11) is 0. The first-order chi connectivity index (χ1) is 9.09. The highest BCUT2D eigenvalue weighted by molar-refractivity contribution is 5.95. The van der Waals surface area contributed by atoms with Gasteiger partial charge in [0.15, 0.2) is 0 Å². The van der Waals surface area contributed by atoms with Crippen LogP contribution in [0.2, 0.25) is 0 Å². The monoisotopic (exact) mass is 265 g/mol. The summed E-state index contributed by atoms with van der Waals surface area (Å²) < 4.78 is 0. The van der Waals surface area contributed by atoms with E-state index in [-0.39, 0.29) is 18.4 Å². The maximum atomic E-state index is 12.5. The molecular weight excluding hydrogens is 246 g/mol. The van der Waals surface area contributed by atoms with E-state index >= 15 is 0 Å². The van der Waals surface area contributed by atoms with Crippen LogP contribution in [0.25, 0.3) is 0 Å². The Bertz CT molecular complexity index is 469. The van der Waals surface area contributed by atoms with Crippen LogP contribution in [0.5, 0.6) is 0 Å². The van der Waals surface area contributed by atoms with Crippen molar-refractivity contribution in [3.8, 4) is 0 Å². The summed E-state index contributed by atoms with van der Waals surface area (Å²) in [5.74, 6) is -0.848. The van der Waals surface area contributed by atoms with Crippen molar-refractivity contribution in [2.45, 2.75) is 45.1 Å². The Kier molecular flexibility index (Phi) is 4.19. The zero-order valence-electron chi connectivity index (χ0n) is 11.1. The lowest BCUT2D eigenvalue weighted by Gasteiger charge is -2.35. The molecule has 0 spiro atoms. The minimum absolute atomic E-state index is 0.0339. The summed E-state index contributed by atoms with van der Waals surface area (Å²) in [6.45, 7) is 2.52. The first kappa shape index (κ1) is 13.6. The number of carboxylic acid groups (broad SMARTS) is 1. The van der Waals surface area contributed by atoms with Crippen LogP contribution in [-0.4, -0.2) is 44.7 Å². The van der Waals surface area contributed by atoms with Crippen molar-refractivity contribution >= 4 is 11.9 Å².